The lowest BCUT2D eigenvalue weighted by Gasteiger charge is -2.20. The summed E-state index contributed by atoms with van der Waals surface area (Å²) in [4.78, 5) is 18.3. The van der Waals surface area contributed by atoms with Gasteiger partial charge in [-0.2, -0.15) is 0 Å². The molecule has 1 amide bonds. The summed E-state index contributed by atoms with van der Waals surface area (Å²) in [5.74, 6) is 1.91. The van der Waals surface area contributed by atoms with Crippen molar-refractivity contribution in [3.63, 3.8) is 0 Å². The quantitative estimate of drug-likeness (QED) is 0.378. The molecule has 2 N–H and O–H groups in total. The molecule has 1 heterocycles. The van der Waals surface area contributed by atoms with E-state index in [-0.39, 0.29) is 41.8 Å². The second-order valence-corrected chi connectivity index (χ2v) is 6.58. The Kier molecular flexibility index (Phi) is 9.75. The molecule has 1 unspecified atom stereocenters. The van der Waals surface area contributed by atoms with Gasteiger partial charge in [-0.1, -0.05) is 26.0 Å². The molecule has 0 bridgehead atoms. The highest BCUT2D eigenvalue weighted by molar-refractivity contribution is 14.0. The Morgan fingerprint density at radius 1 is 1.42 bits per heavy atom. The third kappa shape index (κ3) is 6.66. The lowest BCUT2D eigenvalue weighted by Crippen LogP contribution is -2.45. The fraction of sp³-hybridized carbons (Fsp3) is 0.579. The summed E-state index contributed by atoms with van der Waals surface area (Å²) in [7, 11) is 1.76. The minimum atomic E-state index is 0. The number of hydrogen-bond acceptors (Lipinski definition) is 3. The van der Waals surface area contributed by atoms with Crippen LogP contribution in [0.5, 0.6) is 5.75 Å². The number of benzene rings is 1. The van der Waals surface area contributed by atoms with Crippen LogP contribution in [-0.4, -0.2) is 49.6 Å². The van der Waals surface area contributed by atoms with Crippen molar-refractivity contribution in [3.05, 3.63) is 29.8 Å². The topological polar surface area (TPSA) is 66.0 Å². The lowest BCUT2D eigenvalue weighted by atomic mass is 10.2. The van der Waals surface area contributed by atoms with Crippen LogP contribution in [0.3, 0.4) is 0 Å². The van der Waals surface area contributed by atoms with Crippen molar-refractivity contribution >= 4 is 35.8 Å². The molecule has 6 nitrogen and oxygen atoms in total. The molecule has 146 valence electrons. The Balaban J connectivity index is 0.00000338. The van der Waals surface area contributed by atoms with Gasteiger partial charge in [0.2, 0.25) is 5.91 Å². The van der Waals surface area contributed by atoms with E-state index in [1.54, 1.807) is 7.05 Å². The minimum Gasteiger partial charge on any atom is -0.494 e. The van der Waals surface area contributed by atoms with Crippen LogP contribution >= 0.6 is 24.0 Å². The molecule has 7 heteroatoms. The van der Waals surface area contributed by atoms with Gasteiger partial charge in [-0.05, 0) is 31.0 Å². The summed E-state index contributed by atoms with van der Waals surface area (Å²) >= 11 is 0. The first kappa shape index (κ1) is 22.5. The molecule has 1 aromatic carbocycles. The maximum Gasteiger partial charge on any atom is 0.225 e. The molecule has 26 heavy (non-hydrogen) atoms. The van der Waals surface area contributed by atoms with E-state index in [9.17, 15) is 4.79 Å². The molecule has 1 aliphatic rings. The van der Waals surface area contributed by atoms with Gasteiger partial charge in [-0.15, -0.1) is 24.0 Å². The number of hydrogen-bond donors (Lipinski definition) is 2. The van der Waals surface area contributed by atoms with E-state index in [2.05, 4.69) is 21.7 Å². The lowest BCUT2D eigenvalue weighted by molar-refractivity contribution is -0.133. The fourth-order valence-electron chi connectivity index (χ4n) is 2.93. The molecule has 0 radical (unpaired) electrons. The van der Waals surface area contributed by atoms with Crippen molar-refractivity contribution in [2.45, 2.75) is 39.8 Å². The van der Waals surface area contributed by atoms with Gasteiger partial charge in [0.05, 0.1) is 6.61 Å². The van der Waals surface area contributed by atoms with Crippen molar-refractivity contribution in [2.24, 2.45) is 10.9 Å². The smallest absolute Gasteiger partial charge is 0.225 e. The molecule has 1 aromatic rings. The summed E-state index contributed by atoms with van der Waals surface area (Å²) in [5.41, 5.74) is 1.14. The van der Waals surface area contributed by atoms with E-state index in [1.165, 1.54) is 0 Å². The molecule has 0 aliphatic carbocycles. The molecule has 1 saturated heterocycles. The van der Waals surface area contributed by atoms with E-state index < -0.39 is 0 Å². The van der Waals surface area contributed by atoms with Gasteiger partial charge in [0.15, 0.2) is 5.96 Å². The van der Waals surface area contributed by atoms with Crippen molar-refractivity contribution in [1.82, 2.24) is 15.5 Å². The first-order valence-corrected chi connectivity index (χ1v) is 9.01. The third-order valence-corrected chi connectivity index (χ3v) is 4.23. The molecular formula is C19H31IN4O2. The van der Waals surface area contributed by atoms with Gasteiger partial charge >= 0.3 is 0 Å². The van der Waals surface area contributed by atoms with Crippen LogP contribution in [0, 0.1) is 5.92 Å². The Bertz CT molecular complexity index is 607. The molecule has 0 saturated carbocycles. The highest BCUT2D eigenvalue weighted by Crippen LogP contribution is 2.14. The summed E-state index contributed by atoms with van der Waals surface area (Å²) in [6, 6.07) is 8.27. The van der Waals surface area contributed by atoms with Crippen LogP contribution < -0.4 is 15.4 Å². The SMILES string of the molecule is CCOc1cccc(CNC(=NC)NC2CCN(C(=O)C(C)C)C2)c1.I. The van der Waals surface area contributed by atoms with Gasteiger partial charge < -0.3 is 20.3 Å². The maximum absolute atomic E-state index is 12.1. The van der Waals surface area contributed by atoms with E-state index in [0.29, 0.717) is 13.2 Å². The summed E-state index contributed by atoms with van der Waals surface area (Å²) in [6.45, 7) is 8.74. The number of nitrogens with one attached hydrogen (secondary N) is 2. The third-order valence-electron chi connectivity index (χ3n) is 4.23. The second kappa shape index (κ2) is 11.3. The molecule has 1 atom stereocenters. The predicted molar refractivity (Wildman–Crippen MR) is 116 cm³/mol. The number of rotatable bonds is 6. The number of carbonyl (C=O) groups is 1. The normalized spacial score (nSPS) is 17.0. The minimum absolute atomic E-state index is 0. The van der Waals surface area contributed by atoms with Crippen LogP contribution in [0.2, 0.25) is 0 Å². The summed E-state index contributed by atoms with van der Waals surface area (Å²) in [5, 5.41) is 6.74. The zero-order valence-electron chi connectivity index (χ0n) is 16.1. The van der Waals surface area contributed by atoms with Crippen LogP contribution in [0.1, 0.15) is 32.8 Å². The highest BCUT2D eigenvalue weighted by Gasteiger charge is 2.27. The number of guanidine groups is 1. The molecule has 1 fully saturated rings. The zero-order valence-corrected chi connectivity index (χ0v) is 18.4. The average Bonchev–Trinajstić information content (AvgIpc) is 3.07. The number of nitrogens with zero attached hydrogens (tertiary/aromatic N) is 2. The molecule has 2 rings (SSSR count). The van der Waals surface area contributed by atoms with E-state index in [0.717, 1.165) is 36.8 Å². The average molecular weight is 474 g/mol. The predicted octanol–water partition coefficient (Wildman–Crippen LogP) is 2.63. The molecule has 0 aromatic heterocycles. The fourth-order valence-corrected chi connectivity index (χ4v) is 2.93. The second-order valence-electron chi connectivity index (χ2n) is 6.58. The van der Waals surface area contributed by atoms with Crippen molar-refractivity contribution < 1.29 is 9.53 Å². The van der Waals surface area contributed by atoms with Crippen LogP contribution in [-0.2, 0) is 11.3 Å². The Hall–Kier alpha value is -1.51. The largest absolute Gasteiger partial charge is 0.494 e. The van der Waals surface area contributed by atoms with Gasteiger partial charge in [0, 0.05) is 38.6 Å². The Morgan fingerprint density at radius 3 is 2.85 bits per heavy atom. The number of ether oxygens (including phenoxy) is 1. The van der Waals surface area contributed by atoms with Crippen LogP contribution in [0.4, 0.5) is 0 Å². The van der Waals surface area contributed by atoms with Crippen LogP contribution in [0.15, 0.2) is 29.3 Å². The number of amides is 1. The molecule has 0 spiro atoms. The summed E-state index contributed by atoms with van der Waals surface area (Å²) in [6.07, 6.45) is 0.943. The van der Waals surface area contributed by atoms with E-state index >= 15 is 0 Å². The van der Waals surface area contributed by atoms with Crippen molar-refractivity contribution in [1.29, 1.82) is 0 Å². The highest BCUT2D eigenvalue weighted by atomic mass is 127. The van der Waals surface area contributed by atoms with Crippen molar-refractivity contribution in [3.8, 4) is 5.75 Å². The number of carbonyl (C=O) groups excluding carboxylic acids is 1. The Labute approximate surface area is 173 Å². The first-order valence-electron chi connectivity index (χ1n) is 9.01. The molecule has 1 aliphatic heterocycles. The monoisotopic (exact) mass is 474 g/mol. The first-order chi connectivity index (χ1) is 12.0. The molecular weight excluding hydrogens is 443 g/mol. The number of halogens is 1. The zero-order chi connectivity index (χ0) is 18.2. The van der Waals surface area contributed by atoms with Crippen molar-refractivity contribution in [2.75, 3.05) is 26.7 Å². The standard InChI is InChI=1S/C19H30N4O2.HI/c1-5-25-17-8-6-7-15(11-17)12-21-19(20-4)22-16-9-10-23(13-16)18(24)14(2)3;/h6-8,11,14,16H,5,9-10,12-13H2,1-4H3,(H2,20,21,22);1H. The maximum atomic E-state index is 12.1. The van der Waals surface area contributed by atoms with E-state index in [4.69, 9.17) is 4.74 Å². The van der Waals surface area contributed by atoms with Gasteiger partial charge in [0.1, 0.15) is 5.75 Å². The number of likely N-dealkylation sites (tertiary alicyclic amines) is 1. The van der Waals surface area contributed by atoms with Crippen LogP contribution in [0.25, 0.3) is 0 Å². The van der Waals surface area contributed by atoms with Gasteiger partial charge in [-0.25, -0.2) is 0 Å². The summed E-state index contributed by atoms with van der Waals surface area (Å²) < 4.78 is 5.53. The van der Waals surface area contributed by atoms with E-state index in [1.807, 2.05) is 43.9 Å². The number of aliphatic imine (C=N–C) groups is 1. The Morgan fingerprint density at radius 2 is 2.19 bits per heavy atom. The van der Waals surface area contributed by atoms with Gasteiger partial charge in [0.25, 0.3) is 0 Å². The van der Waals surface area contributed by atoms with Gasteiger partial charge in [-0.3, -0.25) is 9.79 Å².